The highest BCUT2D eigenvalue weighted by Crippen LogP contribution is 2.28. The van der Waals surface area contributed by atoms with Gasteiger partial charge in [0.05, 0.1) is 11.8 Å². The third-order valence-corrected chi connectivity index (χ3v) is 3.02. The van der Waals surface area contributed by atoms with Gasteiger partial charge in [-0.1, -0.05) is 0 Å². The van der Waals surface area contributed by atoms with Gasteiger partial charge in [-0.05, 0) is 31.7 Å². The SMILES string of the molecule is CC(=O)c1cnn2ccc(NCC3CC3)nc12. The first kappa shape index (κ1) is 10.3. The van der Waals surface area contributed by atoms with Crippen molar-refractivity contribution in [3.63, 3.8) is 0 Å². The van der Waals surface area contributed by atoms with Crippen molar-refractivity contribution in [2.75, 3.05) is 11.9 Å². The van der Waals surface area contributed by atoms with Gasteiger partial charge in [0.1, 0.15) is 5.82 Å². The van der Waals surface area contributed by atoms with E-state index in [9.17, 15) is 4.79 Å². The van der Waals surface area contributed by atoms with E-state index in [2.05, 4.69) is 15.4 Å². The van der Waals surface area contributed by atoms with Crippen LogP contribution in [-0.4, -0.2) is 26.9 Å². The average Bonchev–Trinajstić information content (AvgIpc) is 3.04. The van der Waals surface area contributed by atoms with E-state index in [1.165, 1.54) is 19.8 Å². The second kappa shape index (κ2) is 3.84. The summed E-state index contributed by atoms with van der Waals surface area (Å²) in [6, 6.07) is 1.88. The third-order valence-electron chi connectivity index (χ3n) is 3.02. The number of carbonyl (C=O) groups excluding carboxylic acids is 1. The van der Waals surface area contributed by atoms with Crippen LogP contribution < -0.4 is 5.32 Å². The monoisotopic (exact) mass is 230 g/mol. The molecule has 5 nitrogen and oxygen atoms in total. The Bertz CT molecular complexity index is 571. The largest absolute Gasteiger partial charge is 0.370 e. The molecular formula is C12H14N4O. The highest BCUT2D eigenvalue weighted by molar-refractivity contribution is 5.99. The van der Waals surface area contributed by atoms with Gasteiger partial charge in [0.2, 0.25) is 0 Å². The molecule has 17 heavy (non-hydrogen) atoms. The predicted octanol–water partition coefficient (Wildman–Crippen LogP) is 1.75. The Kier molecular flexibility index (Phi) is 2.31. The van der Waals surface area contributed by atoms with Gasteiger partial charge in [-0.15, -0.1) is 0 Å². The van der Waals surface area contributed by atoms with Crippen molar-refractivity contribution < 1.29 is 4.79 Å². The number of hydrogen-bond acceptors (Lipinski definition) is 4. The highest BCUT2D eigenvalue weighted by atomic mass is 16.1. The second-order valence-corrected chi connectivity index (χ2v) is 4.52. The quantitative estimate of drug-likeness (QED) is 0.813. The van der Waals surface area contributed by atoms with E-state index in [4.69, 9.17) is 0 Å². The summed E-state index contributed by atoms with van der Waals surface area (Å²) in [4.78, 5) is 15.8. The molecule has 2 heterocycles. The molecule has 0 spiro atoms. The molecule has 0 saturated heterocycles. The average molecular weight is 230 g/mol. The molecule has 0 aliphatic heterocycles. The predicted molar refractivity (Wildman–Crippen MR) is 64.2 cm³/mol. The molecule has 1 fully saturated rings. The number of hydrogen-bond donors (Lipinski definition) is 1. The Morgan fingerprint density at radius 3 is 3.12 bits per heavy atom. The summed E-state index contributed by atoms with van der Waals surface area (Å²) < 4.78 is 1.62. The fourth-order valence-corrected chi connectivity index (χ4v) is 1.79. The Balaban J connectivity index is 1.91. The van der Waals surface area contributed by atoms with E-state index in [1.54, 1.807) is 10.7 Å². The number of aromatic nitrogens is 3. The minimum Gasteiger partial charge on any atom is -0.370 e. The smallest absolute Gasteiger partial charge is 0.168 e. The Labute approximate surface area is 98.9 Å². The lowest BCUT2D eigenvalue weighted by atomic mass is 10.2. The molecule has 1 saturated carbocycles. The van der Waals surface area contributed by atoms with Gasteiger partial charge in [0.25, 0.3) is 0 Å². The molecule has 1 N–H and O–H groups in total. The second-order valence-electron chi connectivity index (χ2n) is 4.52. The molecule has 88 valence electrons. The molecule has 0 amide bonds. The molecule has 0 aromatic carbocycles. The van der Waals surface area contributed by atoms with Crippen LogP contribution in [0.25, 0.3) is 5.65 Å². The standard InChI is InChI=1S/C12H14N4O/c1-8(17)10-7-14-16-5-4-11(15-12(10)16)13-6-9-2-3-9/h4-5,7,9H,2-3,6H2,1H3,(H,13,15). The van der Waals surface area contributed by atoms with Crippen LogP contribution in [0, 0.1) is 5.92 Å². The fraction of sp³-hybridized carbons (Fsp3) is 0.417. The van der Waals surface area contributed by atoms with E-state index in [1.807, 2.05) is 12.3 Å². The third kappa shape index (κ3) is 2.00. The van der Waals surface area contributed by atoms with Crippen molar-refractivity contribution in [1.29, 1.82) is 0 Å². The summed E-state index contributed by atoms with van der Waals surface area (Å²) in [5.74, 6) is 1.60. The van der Waals surface area contributed by atoms with Gasteiger partial charge in [0.15, 0.2) is 11.4 Å². The summed E-state index contributed by atoms with van der Waals surface area (Å²) >= 11 is 0. The van der Waals surface area contributed by atoms with Gasteiger partial charge in [-0.25, -0.2) is 9.50 Å². The highest BCUT2D eigenvalue weighted by Gasteiger charge is 2.20. The first-order valence-corrected chi connectivity index (χ1v) is 5.83. The first-order chi connectivity index (χ1) is 8.24. The maximum atomic E-state index is 11.4. The maximum absolute atomic E-state index is 11.4. The first-order valence-electron chi connectivity index (χ1n) is 5.83. The molecule has 3 rings (SSSR count). The fourth-order valence-electron chi connectivity index (χ4n) is 1.79. The molecule has 0 atom stereocenters. The topological polar surface area (TPSA) is 59.3 Å². The minimum absolute atomic E-state index is 0.00755. The van der Waals surface area contributed by atoms with Gasteiger partial charge in [-0.3, -0.25) is 4.79 Å². The zero-order valence-electron chi connectivity index (χ0n) is 9.68. The number of ketones is 1. The maximum Gasteiger partial charge on any atom is 0.168 e. The molecule has 1 aliphatic carbocycles. The van der Waals surface area contributed by atoms with Gasteiger partial charge in [-0.2, -0.15) is 5.10 Å². The van der Waals surface area contributed by atoms with Crippen molar-refractivity contribution >= 4 is 17.2 Å². The summed E-state index contributed by atoms with van der Waals surface area (Å²) in [7, 11) is 0. The van der Waals surface area contributed by atoms with Crippen LogP contribution in [0.15, 0.2) is 18.5 Å². The van der Waals surface area contributed by atoms with Gasteiger partial charge in [0, 0.05) is 12.7 Å². The van der Waals surface area contributed by atoms with Crippen LogP contribution in [0.5, 0.6) is 0 Å². The molecule has 1 aliphatic rings. The lowest BCUT2D eigenvalue weighted by Crippen LogP contribution is -2.06. The van der Waals surface area contributed by atoms with E-state index >= 15 is 0 Å². The van der Waals surface area contributed by atoms with Crippen molar-refractivity contribution in [1.82, 2.24) is 14.6 Å². The number of nitrogens with one attached hydrogen (secondary N) is 1. The summed E-state index contributed by atoms with van der Waals surface area (Å²) in [5.41, 5.74) is 1.19. The van der Waals surface area contributed by atoms with Crippen LogP contribution >= 0.6 is 0 Å². The lowest BCUT2D eigenvalue weighted by Gasteiger charge is -2.04. The van der Waals surface area contributed by atoms with E-state index in [0.29, 0.717) is 11.2 Å². The molecule has 5 heteroatoms. The van der Waals surface area contributed by atoms with Crippen molar-refractivity contribution in [2.24, 2.45) is 5.92 Å². The minimum atomic E-state index is -0.00755. The Hall–Kier alpha value is -1.91. The summed E-state index contributed by atoms with van der Waals surface area (Å²) in [6.07, 6.45) is 6.00. The van der Waals surface area contributed by atoms with Crippen molar-refractivity contribution in [3.8, 4) is 0 Å². The van der Waals surface area contributed by atoms with Crippen LogP contribution in [0.3, 0.4) is 0 Å². The summed E-state index contributed by atoms with van der Waals surface area (Å²) in [5, 5.41) is 7.39. The number of anilines is 1. The number of fused-ring (bicyclic) bond motifs is 1. The van der Waals surface area contributed by atoms with Gasteiger partial charge >= 0.3 is 0 Å². The molecule has 0 radical (unpaired) electrons. The molecule has 2 aromatic rings. The normalized spacial score (nSPS) is 15.1. The van der Waals surface area contributed by atoms with Gasteiger partial charge < -0.3 is 5.32 Å². The number of Topliss-reactive ketones (excluding diaryl/α,β-unsaturated/α-hetero) is 1. The number of carbonyl (C=O) groups is 1. The number of nitrogens with zero attached hydrogens (tertiary/aromatic N) is 3. The van der Waals surface area contributed by atoms with Crippen LogP contribution in [-0.2, 0) is 0 Å². The number of rotatable bonds is 4. The molecule has 0 unspecified atom stereocenters. The lowest BCUT2D eigenvalue weighted by molar-refractivity contribution is 0.101. The zero-order chi connectivity index (χ0) is 11.8. The van der Waals surface area contributed by atoms with Crippen molar-refractivity contribution in [2.45, 2.75) is 19.8 Å². The van der Waals surface area contributed by atoms with Crippen LogP contribution in [0.2, 0.25) is 0 Å². The van der Waals surface area contributed by atoms with Crippen LogP contribution in [0.1, 0.15) is 30.1 Å². The molecule has 0 bridgehead atoms. The van der Waals surface area contributed by atoms with E-state index in [-0.39, 0.29) is 5.78 Å². The summed E-state index contributed by atoms with van der Waals surface area (Å²) in [6.45, 7) is 2.50. The Morgan fingerprint density at radius 1 is 1.59 bits per heavy atom. The zero-order valence-corrected chi connectivity index (χ0v) is 9.68. The van der Waals surface area contributed by atoms with Crippen LogP contribution in [0.4, 0.5) is 5.82 Å². The van der Waals surface area contributed by atoms with Crippen molar-refractivity contribution in [3.05, 3.63) is 24.0 Å². The Morgan fingerprint density at radius 2 is 2.41 bits per heavy atom. The van der Waals surface area contributed by atoms with E-state index in [0.717, 1.165) is 18.3 Å². The molecule has 2 aromatic heterocycles. The van der Waals surface area contributed by atoms with E-state index < -0.39 is 0 Å². The molecular weight excluding hydrogens is 216 g/mol.